The number of benzene rings is 2. The van der Waals surface area contributed by atoms with Crippen molar-refractivity contribution in [3.8, 4) is 17.2 Å². The van der Waals surface area contributed by atoms with Gasteiger partial charge in [-0.15, -0.1) is 0 Å². The van der Waals surface area contributed by atoms with Gasteiger partial charge in [-0.3, -0.25) is 5.43 Å². The number of rotatable bonds is 6. The molecule has 0 unspecified atom stereocenters. The summed E-state index contributed by atoms with van der Waals surface area (Å²) in [7, 11) is 4.70. The molecule has 5 nitrogen and oxygen atoms in total. The molecule has 2 aromatic rings. The molecule has 116 valence electrons. The van der Waals surface area contributed by atoms with E-state index in [1.807, 2.05) is 18.2 Å². The summed E-state index contributed by atoms with van der Waals surface area (Å²) in [4.78, 5) is 0. The van der Waals surface area contributed by atoms with Crippen LogP contribution in [0.4, 0.5) is 5.69 Å². The lowest BCUT2D eigenvalue weighted by molar-refractivity contribution is 0.324. The Morgan fingerprint density at radius 2 is 1.64 bits per heavy atom. The first-order valence-electron chi connectivity index (χ1n) is 6.53. The number of anilines is 1. The smallest absolute Gasteiger partial charge is 0.203 e. The van der Waals surface area contributed by atoms with Crippen molar-refractivity contribution >= 4 is 23.5 Å². The molecule has 0 amide bonds. The molecule has 0 aliphatic heterocycles. The van der Waals surface area contributed by atoms with E-state index in [9.17, 15) is 0 Å². The van der Waals surface area contributed by atoms with Crippen LogP contribution in [0.25, 0.3) is 0 Å². The Kier molecular flexibility index (Phi) is 5.49. The van der Waals surface area contributed by atoms with E-state index in [4.69, 9.17) is 25.8 Å². The molecule has 22 heavy (non-hydrogen) atoms. The van der Waals surface area contributed by atoms with E-state index in [0.29, 0.717) is 22.3 Å². The molecule has 2 aromatic carbocycles. The fraction of sp³-hybridized carbons (Fsp3) is 0.188. The maximum absolute atomic E-state index is 6.05. The van der Waals surface area contributed by atoms with Crippen LogP contribution in [0.1, 0.15) is 5.56 Å². The quantitative estimate of drug-likeness (QED) is 0.649. The lowest BCUT2D eigenvalue weighted by Gasteiger charge is -2.12. The number of hydrazone groups is 1. The number of hydrogen-bond donors (Lipinski definition) is 1. The molecular formula is C16H17ClN2O3. The number of ether oxygens (including phenoxy) is 3. The van der Waals surface area contributed by atoms with Gasteiger partial charge in [-0.1, -0.05) is 23.7 Å². The summed E-state index contributed by atoms with van der Waals surface area (Å²) >= 11 is 6.05. The lowest BCUT2D eigenvalue weighted by atomic mass is 10.2. The highest BCUT2D eigenvalue weighted by atomic mass is 35.5. The van der Waals surface area contributed by atoms with E-state index in [1.165, 1.54) is 0 Å². The van der Waals surface area contributed by atoms with Crippen LogP contribution in [0.15, 0.2) is 41.5 Å². The van der Waals surface area contributed by atoms with Crippen molar-refractivity contribution in [1.29, 1.82) is 0 Å². The van der Waals surface area contributed by atoms with Crippen molar-refractivity contribution in [2.24, 2.45) is 5.10 Å². The van der Waals surface area contributed by atoms with Gasteiger partial charge in [0.1, 0.15) is 0 Å². The number of para-hydroxylation sites is 1. The highest BCUT2D eigenvalue weighted by Crippen LogP contribution is 2.37. The summed E-state index contributed by atoms with van der Waals surface area (Å²) in [5, 5.41) is 4.77. The van der Waals surface area contributed by atoms with Gasteiger partial charge in [-0.25, -0.2) is 0 Å². The molecule has 0 fully saturated rings. The summed E-state index contributed by atoms with van der Waals surface area (Å²) in [5.41, 5.74) is 4.42. The van der Waals surface area contributed by atoms with Gasteiger partial charge in [0, 0.05) is 5.56 Å². The highest BCUT2D eigenvalue weighted by Gasteiger charge is 2.12. The fourth-order valence-electron chi connectivity index (χ4n) is 1.90. The summed E-state index contributed by atoms with van der Waals surface area (Å²) in [6, 6.07) is 11.0. The Labute approximate surface area is 134 Å². The molecule has 0 saturated carbocycles. The summed E-state index contributed by atoms with van der Waals surface area (Å²) in [6.45, 7) is 0. The maximum atomic E-state index is 6.05. The molecule has 2 rings (SSSR count). The van der Waals surface area contributed by atoms with Gasteiger partial charge < -0.3 is 14.2 Å². The number of methoxy groups -OCH3 is 3. The Morgan fingerprint density at radius 1 is 1.00 bits per heavy atom. The first-order valence-corrected chi connectivity index (χ1v) is 6.91. The number of hydrogen-bond acceptors (Lipinski definition) is 5. The lowest BCUT2D eigenvalue weighted by Crippen LogP contribution is -1.97. The molecule has 0 bridgehead atoms. The van der Waals surface area contributed by atoms with Crippen molar-refractivity contribution in [1.82, 2.24) is 0 Å². The molecule has 0 radical (unpaired) electrons. The van der Waals surface area contributed by atoms with Gasteiger partial charge in [0.2, 0.25) is 5.75 Å². The van der Waals surface area contributed by atoms with Crippen LogP contribution in [-0.2, 0) is 0 Å². The Bertz CT molecular complexity index is 649. The normalized spacial score (nSPS) is 10.5. The van der Waals surface area contributed by atoms with Gasteiger partial charge in [0.25, 0.3) is 0 Å². The maximum Gasteiger partial charge on any atom is 0.203 e. The Balaban J connectivity index is 2.22. The van der Waals surface area contributed by atoms with E-state index >= 15 is 0 Å². The molecule has 0 aromatic heterocycles. The van der Waals surface area contributed by atoms with Gasteiger partial charge in [0.05, 0.1) is 38.3 Å². The second-order valence-electron chi connectivity index (χ2n) is 4.31. The van der Waals surface area contributed by atoms with Gasteiger partial charge >= 0.3 is 0 Å². The number of halogens is 1. The van der Waals surface area contributed by atoms with E-state index in [0.717, 1.165) is 11.3 Å². The second kappa shape index (κ2) is 7.56. The predicted octanol–water partition coefficient (Wildman–Crippen LogP) is 3.81. The first-order chi connectivity index (χ1) is 10.7. The minimum atomic E-state index is 0.543. The van der Waals surface area contributed by atoms with Gasteiger partial charge in [0.15, 0.2) is 11.5 Å². The van der Waals surface area contributed by atoms with E-state index in [1.54, 1.807) is 45.7 Å². The van der Waals surface area contributed by atoms with Crippen LogP contribution in [-0.4, -0.2) is 27.5 Å². The van der Waals surface area contributed by atoms with Crippen molar-refractivity contribution in [2.75, 3.05) is 26.8 Å². The third-order valence-electron chi connectivity index (χ3n) is 2.96. The molecule has 0 aliphatic rings. The van der Waals surface area contributed by atoms with E-state index in [-0.39, 0.29) is 0 Å². The molecule has 1 N–H and O–H groups in total. The van der Waals surface area contributed by atoms with Gasteiger partial charge in [-0.05, 0) is 24.3 Å². The molecule has 0 spiro atoms. The van der Waals surface area contributed by atoms with Crippen LogP contribution >= 0.6 is 11.6 Å². The van der Waals surface area contributed by atoms with Crippen molar-refractivity contribution < 1.29 is 14.2 Å². The van der Waals surface area contributed by atoms with Crippen molar-refractivity contribution in [3.63, 3.8) is 0 Å². The Hall–Kier alpha value is -2.40. The summed E-state index contributed by atoms with van der Waals surface area (Å²) < 4.78 is 15.9. The van der Waals surface area contributed by atoms with Crippen LogP contribution in [0, 0.1) is 0 Å². The molecule has 0 atom stereocenters. The third kappa shape index (κ3) is 3.62. The highest BCUT2D eigenvalue weighted by molar-refractivity contribution is 6.33. The molecule has 0 saturated heterocycles. The van der Waals surface area contributed by atoms with Crippen molar-refractivity contribution in [2.45, 2.75) is 0 Å². The van der Waals surface area contributed by atoms with Crippen LogP contribution in [0.5, 0.6) is 17.2 Å². The molecule has 0 aliphatic carbocycles. The topological polar surface area (TPSA) is 52.1 Å². The summed E-state index contributed by atoms with van der Waals surface area (Å²) in [6.07, 6.45) is 1.65. The average Bonchev–Trinajstić information content (AvgIpc) is 2.55. The number of nitrogens with zero attached hydrogens (tertiary/aromatic N) is 1. The zero-order valence-electron chi connectivity index (χ0n) is 12.6. The molecule has 0 heterocycles. The van der Waals surface area contributed by atoms with Crippen LogP contribution in [0.2, 0.25) is 5.02 Å². The van der Waals surface area contributed by atoms with E-state index < -0.39 is 0 Å². The monoisotopic (exact) mass is 320 g/mol. The zero-order chi connectivity index (χ0) is 15.9. The third-order valence-corrected chi connectivity index (χ3v) is 3.29. The largest absolute Gasteiger partial charge is 0.493 e. The molecule has 6 heteroatoms. The van der Waals surface area contributed by atoms with E-state index in [2.05, 4.69) is 10.5 Å². The molecular weight excluding hydrogens is 304 g/mol. The SMILES string of the molecule is COc1cc(/C=N\Nc2ccccc2Cl)cc(OC)c1OC. The second-order valence-corrected chi connectivity index (χ2v) is 4.72. The average molecular weight is 321 g/mol. The minimum absolute atomic E-state index is 0.543. The number of nitrogens with one attached hydrogen (secondary N) is 1. The summed E-state index contributed by atoms with van der Waals surface area (Å²) in [5.74, 6) is 1.68. The van der Waals surface area contributed by atoms with Crippen LogP contribution in [0.3, 0.4) is 0 Å². The Morgan fingerprint density at radius 3 is 2.18 bits per heavy atom. The standard InChI is InChI=1S/C16H17ClN2O3/c1-20-14-8-11(9-15(21-2)16(14)22-3)10-18-19-13-7-5-4-6-12(13)17/h4-10,19H,1-3H3/b18-10-. The van der Waals surface area contributed by atoms with Gasteiger partial charge in [-0.2, -0.15) is 5.10 Å². The zero-order valence-corrected chi connectivity index (χ0v) is 13.3. The van der Waals surface area contributed by atoms with Crippen molar-refractivity contribution in [3.05, 3.63) is 47.0 Å². The fourth-order valence-corrected chi connectivity index (χ4v) is 2.08. The van der Waals surface area contributed by atoms with Crippen LogP contribution < -0.4 is 19.6 Å². The minimum Gasteiger partial charge on any atom is -0.493 e. The predicted molar refractivity (Wildman–Crippen MR) is 88.8 cm³/mol. The first kappa shape index (κ1) is 16.0.